The van der Waals surface area contributed by atoms with E-state index in [1.807, 2.05) is 0 Å². The summed E-state index contributed by atoms with van der Waals surface area (Å²) < 4.78 is 60.8. The molecule has 23 nitrogen and oxygen atoms in total. The molecule has 6 aliphatic heterocycles. The lowest BCUT2D eigenvalue weighted by Crippen LogP contribution is -2.68. The average Bonchev–Trinajstić information content (AvgIpc) is 3.82. The van der Waals surface area contributed by atoms with Gasteiger partial charge >= 0.3 is 0 Å². The third-order valence-electron chi connectivity index (χ3n) is 20.0. The van der Waals surface area contributed by atoms with Crippen LogP contribution in [0.3, 0.4) is 0 Å². The molecular formula is C50H82O23. The molecule has 0 aromatic rings. The highest BCUT2D eigenvalue weighted by molar-refractivity contribution is 5.16. The van der Waals surface area contributed by atoms with Gasteiger partial charge in [-0.2, -0.15) is 0 Å². The van der Waals surface area contributed by atoms with E-state index in [1.165, 1.54) is 0 Å². The Morgan fingerprint density at radius 3 is 1.82 bits per heavy atom. The van der Waals surface area contributed by atoms with Crippen molar-refractivity contribution in [2.24, 2.45) is 52.3 Å². The smallest absolute Gasteiger partial charge is 0.187 e. The van der Waals surface area contributed by atoms with Crippen LogP contribution in [0.2, 0.25) is 0 Å². The van der Waals surface area contributed by atoms with Crippen molar-refractivity contribution in [3.8, 4) is 0 Å². The summed E-state index contributed by atoms with van der Waals surface area (Å²) in [5, 5.41) is 141. The van der Waals surface area contributed by atoms with Gasteiger partial charge in [-0.3, -0.25) is 0 Å². The molecule has 0 bridgehead atoms. The molecule has 420 valence electrons. The molecule has 10 fully saturated rings. The SMILES string of the molecule is CC1CCC2(OC1)OC1CC3C4CCC5CC(OC6OC(CO)C(OC7OC(CO)C(OC8OCC(O)C(O)C8O)C(O)C7OC7OC(CO)C(O)C(O)C7O)C(O)C6O)C(O)CC5(C)C4CCC3(C)C1C2C. The van der Waals surface area contributed by atoms with Crippen molar-refractivity contribution in [1.82, 2.24) is 0 Å². The Kier molecular flexibility index (Phi) is 16.1. The Morgan fingerprint density at radius 2 is 1.14 bits per heavy atom. The number of fused-ring (bicyclic) bond motifs is 7. The van der Waals surface area contributed by atoms with Crippen LogP contribution >= 0.6 is 0 Å². The number of rotatable bonds is 11. The van der Waals surface area contributed by atoms with Crippen molar-refractivity contribution in [3.05, 3.63) is 0 Å². The third kappa shape index (κ3) is 9.49. The molecule has 10 rings (SSSR count). The van der Waals surface area contributed by atoms with E-state index in [9.17, 15) is 66.4 Å². The summed E-state index contributed by atoms with van der Waals surface area (Å²) in [6.07, 6.45) is -26.8. The molecule has 73 heavy (non-hydrogen) atoms. The van der Waals surface area contributed by atoms with Crippen molar-refractivity contribution in [2.75, 3.05) is 33.0 Å². The largest absolute Gasteiger partial charge is 0.394 e. The Morgan fingerprint density at radius 1 is 0.521 bits per heavy atom. The number of hydrogen-bond donors (Lipinski definition) is 13. The number of ether oxygens (including phenoxy) is 10. The summed E-state index contributed by atoms with van der Waals surface area (Å²) in [5.41, 5.74) is -0.0500. The first-order valence-corrected chi connectivity index (χ1v) is 26.8. The highest BCUT2D eigenvalue weighted by Gasteiger charge is 2.70. The summed E-state index contributed by atoms with van der Waals surface area (Å²) in [5.74, 6) is 2.36. The Labute approximate surface area is 424 Å². The second-order valence-corrected chi connectivity index (χ2v) is 24.0. The van der Waals surface area contributed by atoms with Gasteiger partial charge in [0.05, 0.1) is 51.3 Å². The van der Waals surface area contributed by atoms with Crippen molar-refractivity contribution in [3.63, 3.8) is 0 Å². The first-order valence-electron chi connectivity index (χ1n) is 26.8. The Balaban J connectivity index is 0.812. The van der Waals surface area contributed by atoms with Gasteiger partial charge in [0.15, 0.2) is 30.9 Å². The molecule has 0 aromatic carbocycles. The first-order chi connectivity index (χ1) is 34.7. The molecule has 4 aliphatic carbocycles. The maximum absolute atomic E-state index is 11.9. The zero-order valence-electron chi connectivity index (χ0n) is 42.0. The number of aliphatic hydroxyl groups excluding tert-OH is 13. The van der Waals surface area contributed by atoms with Crippen LogP contribution in [0, 0.1) is 52.3 Å². The van der Waals surface area contributed by atoms with E-state index >= 15 is 0 Å². The van der Waals surface area contributed by atoms with E-state index in [1.54, 1.807) is 0 Å². The summed E-state index contributed by atoms with van der Waals surface area (Å²) in [6.45, 7) is 7.08. The number of aliphatic hydroxyl groups is 13. The van der Waals surface area contributed by atoms with Gasteiger partial charge in [-0.1, -0.05) is 27.7 Å². The van der Waals surface area contributed by atoms with E-state index in [0.29, 0.717) is 48.3 Å². The van der Waals surface area contributed by atoms with E-state index in [4.69, 9.17) is 47.4 Å². The molecule has 4 saturated carbocycles. The van der Waals surface area contributed by atoms with Crippen LogP contribution in [0.15, 0.2) is 0 Å². The minimum Gasteiger partial charge on any atom is -0.394 e. The minimum absolute atomic E-state index is 0.133. The Hall–Kier alpha value is -0.920. The molecule has 6 heterocycles. The maximum atomic E-state index is 11.9. The van der Waals surface area contributed by atoms with Crippen molar-refractivity contribution >= 4 is 0 Å². The van der Waals surface area contributed by atoms with Crippen molar-refractivity contribution < 1.29 is 114 Å². The fourth-order valence-corrected chi connectivity index (χ4v) is 15.9. The summed E-state index contributed by atoms with van der Waals surface area (Å²) >= 11 is 0. The fraction of sp³-hybridized carbons (Fsp3) is 1.00. The van der Waals surface area contributed by atoms with Crippen LogP contribution in [-0.4, -0.2) is 240 Å². The lowest BCUT2D eigenvalue weighted by atomic mass is 9.44. The molecule has 23 heteroatoms. The minimum atomic E-state index is -2.01. The average molecular weight is 1050 g/mol. The van der Waals surface area contributed by atoms with E-state index in [-0.39, 0.29) is 22.9 Å². The van der Waals surface area contributed by atoms with E-state index in [0.717, 1.165) is 51.6 Å². The van der Waals surface area contributed by atoms with E-state index < -0.39 is 161 Å². The van der Waals surface area contributed by atoms with Crippen LogP contribution in [0.4, 0.5) is 0 Å². The van der Waals surface area contributed by atoms with Gasteiger partial charge in [0.2, 0.25) is 0 Å². The van der Waals surface area contributed by atoms with Gasteiger partial charge in [0, 0.05) is 12.3 Å². The van der Waals surface area contributed by atoms with Gasteiger partial charge < -0.3 is 114 Å². The molecule has 32 atom stereocenters. The standard InChI is InChI=1S/C50H82O23/c1-19-7-10-50(65-17-19)20(2)32-28(73-50)12-24-22-6-5-21-11-27(25(54)13-49(21,4)23(22)8-9-48(24,32)3)66-45-39(62)36(59)41(30(15-52)68-45)71-47-43(72-46-38(61)35(58)34(57)29(14-51)67-46)40(63)42(31(16-53)69-47)70-44-37(60)33(56)26(55)18-64-44/h19-47,51-63H,5-18H2,1-4H3. The molecule has 1 spiro atoms. The highest BCUT2D eigenvalue weighted by Crippen LogP contribution is 2.71. The van der Waals surface area contributed by atoms with Crippen LogP contribution in [0.25, 0.3) is 0 Å². The number of hydrogen-bond acceptors (Lipinski definition) is 23. The van der Waals surface area contributed by atoms with Crippen LogP contribution < -0.4 is 0 Å². The zero-order valence-corrected chi connectivity index (χ0v) is 42.0. The van der Waals surface area contributed by atoms with Gasteiger partial charge in [-0.05, 0) is 97.7 Å². The molecule has 0 aromatic heterocycles. The van der Waals surface area contributed by atoms with Gasteiger partial charge in [-0.25, -0.2) is 0 Å². The molecule has 0 radical (unpaired) electrons. The maximum Gasteiger partial charge on any atom is 0.187 e. The highest BCUT2D eigenvalue weighted by atomic mass is 16.8. The first kappa shape index (κ1) is 55.4. The lowest BCUT2D eigenvalue weighted by Gasteiger charge is -2.62. The van der Waals surface area contributed by atoms with Crippen LogP contribution in [0.1, 0.15) is 85.5 Å². The normalized spacial score (nSPS) is 58.2. The predicted octanol–water partition coefficient (Wildman–Crippen LogP) is -3.30. The predicted molar refractivity (Wildman–Crippen MR) is 244 cm³/mol. The fourth-order valence-electron chi connectivity index (χ4n) is 15.9. The molecule has 13 N–H and O–H groups in total. The lowest BCUT2D eigenvalue weighted by molar-refractivity contribution is -0.401. The van der Waals surface area contributed by atoms with Gasteiger partial charge in [0.1, 0.15) is 91.6 Å². The second kappa shape index (κ2) is 21.3. The quantitative estimate of drug-likeness (QED) is 0.0902. The van der Waals surface area contributed by atoms with Crippen molar-refractivity contribution in [1.29, 1.82) is 0 Å². The topological polar surface area (TPSA) is 355 Å². The zero-order chi connectivity index (χ0) is 52.2. The summed E-state index contributed by atoms with van der Waals surface area (Å²) in [6, 6.07) is 0. The van der Waals surface area contributed by atoms with Crippen LogP contribution in [-0.2, 0) is 47.4 Å². The molecular weight excluding hydrogens is 969 g/mol. The van der Waals surface area contributed by atoms with Gasteiger partial charge in [0.25, 0.3) is 0 Å². The summed E-state index contributed by atoms with van der Waals surface area (Å²) in [7, 11) is 0. The molecule has 32 unspecified atom stereocenters. The summed E-state index contributed by atoms with van der Waals surface area (Å²) in [4.78, 5) is 0. The molecule has 10 aliphatic rings. The van der Waals surface area contributed by atoms with Crippen LogP contribution in [0.5, 0.6) is 0 Å². The van der Waals surface area contributed by atoms with Gasteiger partial charge in [-0.15, -0.1) is 0 Å². The molecule has 6 saturated heterocycles. The Bertz CT molecular complexity index is 1860. The van der Waals surface area contributed by atoms with Crippen molar-refractivity contribution in [2.45, 2.75) is 226 Å². The monoisotopic (exact) mass is 1050 g/mol. The molecule has 0 amide bonds. The van der Waals surface area contributed by atoms with E-state index in [2.05, 4.69) is 27.7 Å². The second-order valence-electron chi connectivity index (χ2n) is 24.0. The third-order valence-corrected chi connectivity index (χ3v) is 20.0.